The van der Waals surface area contributed by atoms with Crippen molar-refractivity contribution in [2.45, 2.75) is 17.7 Å². The van der Waals surface area contributed by atoms with Crippen LogP contribution in [0.3, 0.4) is 0 Å². The minimum Gasteiger partial charge on any atom is -0.319 e. The summed E-state index contributed by atoms with van der Waals surface area (Å²) in [5.74, 6) is -1.95. The average Bonchev–Trinajstić information content (AvgIpc) is 3.12. The van der Waals surface area contributed by atoms with E-state index in [1.54, 1.807) is 0 Å². The molecule has 1 amide bonds. The molecule has 0 atom stereocenters. The third-order valence-electron chi connectivity index (χ3n) is 4.00. The lowest BCUT2D eigenvalue weighted by molar-refractivity contribution is 0.102. The van der Waals surface area contributed by atoms with Gasteiger partial charge in [-0.15, -0.1) is 0 Å². The van der Waals surface area contributed by atoms with E-state index in [1.807, 2.05) is 0 Å². The van der Waals surface area contributed by atoms with Gasteiger partial charge in [0, 0.05) is 18.7 Å². The van der Waals surface area contributed by atoms with Crippen LogP contribution in [0.25, 0.3) is 0 Å². The number of nitrogens with zero attached hydrogens (tertiary/aromatic N) is 1. The molecule has 1 fully saturated rings. The summed E-state index contributed by atoms with van der Waals surface area (Å²) in [5.41, 5.74) is 0.0178. The molecule has 3 rings (SSSR count). The summed E-state index contributed by atoms with van der Waals surface area (Å²) in [6, 6.07) is 8.15. The van der Waals surface area contributed by atoms with Crippen LogP contribution in [-0.2, 0) is 10.0 Å². The summed E-state index contributed by atoms with van der Waals surface area (Å²) < 4.78 is 53.3. The Morgan fingerprint density at radius 2 is 1.64 bits per heavy atom. The number of rotatable bonds is 4. The van der Waals surface area contributed by atoms with Crippen molar-refractivity contribution < 1.29 is 22.0 Å². The summed E-state index contributed by atoms with van der Waals surface area (Å²) in [4.78, 5) is 11.9. The predicted molar refractivity (Wildman–Crippen MR) is 88.7 cm³/mol. The number of amides is 1. The standard InChI is InChI=1S/C17H16F2N2O3S/c18-13-5-3-12(4-6-13)17(22)20-16-8-7-14(11-15(16)19)25(23,24)21-9-1-2-10-21/h3-8,11H,1-2,9-10H2,(H,20,22). The molecule has 0 aliphatic carbocycles. The van der Waals surface area contributed by atoms with E-state index < -0.39 is 27.6 Å². The quantitative estimate of drug-likeness (QED) is 0.905. The van der Waals surface area contributed by atoms with Crippen molar-refractivity contribution >= 4 is 21.6 Å². The monoisotopic (exact) mass is 366 g/mol. The number of hydrogen-bond donors (Lipinski definition) is 1. The molecule has 0 saturated carbocycles. The highest BCUT2D eigenvalue weighted by molar-refractivity contribution is 7.89. The number of halogens is 2. The van der Waals surface area contributed by atoms with Gasteiger partial charge in [-0.3, -0.25) is 4.79 Å². The number of nitrogens with one attached hydrogen (secondary N) is 1. The molecule has 0 unspecified atom stereocenters. The summed E-state index contributed by atoms with van der Waals surface area (Å²) in [6.45, 7) is 0.847. The highest BCUT2D eigenvalue weighted by Crippen LogP contribution is 2.24. The molecule has 0 spiro atoms. The summed E-state index contributed by atoms with van der Waals surface area (Å²) in [7, 11) is -3.72. The maximum Gasteiger partial charge on any atom is 0.255 e. The fourth-order valence-electron chi connectivity index (χ4n) is 2.63. The van der Waals surface area contributed by atoms with Crippen LogP contribution in [0.4, 0.5) is 14.5 Å². The minimum atomic E-state index is -3.72. The third kappa shape index (κ3) is 3.69. The Balaban J connectivity index is 1.80. The Kier molecular flexibility index (Phi) is 4.82. The number of benzene rings is 2. The lowest BCUT2D eigenvalue weighted by Gasteiger charge is -2.16. The SMILES string of the molecule is O=C(Nc1ccc(S(=O)(=O)N2CCCC2)cc1F)c1ccc(F)cc1. The van der Waals surface area contributed by atoms with Crippen molar-refractivity contribution in [1.82, 2.24) is 4.31 Å². The second-order valence-corrected chi connectivity index (χ2v) is 7.65. The van der Waals surface area contributed by atoms with Crippen LogP contribution >= 0.6 is 0 Å². The van der Waals surface area contributed by atoms with Gasteiger partial charge in [-0.05, 0) is 55.3 Å². The molecule has 0 bridgehead atoms. The number of carbonyl (C=O) groups is 1. The zero-order valence-electron chi connectivity index (χ0n) is 13.2. The number of anilines is 1. The van der Waals surface area contributed by atoms with E-state index in [0.717, 1.165) is 31.0 Å². The molecule has 1 N–H and O–H groups in total. The molecule has 2 aromatic carbocycles. The van der Waals surface area contributed by atoms with E-state index in [9.17, 15) is 22.0 Å². The molecule has 132 valence electrons. The third-order valence-corrected chi connectivity index (χ3v) is 5.89. The van der Waals surface area contributed by atoms with Gasteiger partial charge in [-0.2, -0.15) is 4.31 Å². The van der Waals surface area contributed by atoms with E-state index in [1.165, 1.54) is 28.6 Å². The van der Waals surface area contributed by atoms with E-state index in [4.69, 9.17) is 0 Å². The van der Waals surface area contributed by atoms with Crippen molar-refractivity contribution in [2.75, 3.05) is 18.4 Å². The first-order chi connectivity index (χ1) is 11.9. The Bertz CT molecular complexity index is 893. The lowest BCUT2D eigenvalue weighted by atomic mass is 10.2. The van der Waals surface area contributed by atoms with Crippen LogP contribution in [0.15, 0.2) is 47.4 Å². The zero-order chi connectivity index (χ0) is 18.0. The van der Waals surface area contributed by atoms with E-state index in [-0.39, 0.29) is 16.1 Å². The first kappa shape index (κ1) is 17.5. The van der Waals surface area contributed by atoms with Gasteiger partial charge >= 0.3 is 0 Å². The van der Waals surface area contributed by atoms with Gasteiger partial charge < -0.3 is 5.32 Å². The molecule has 1 aliphatic rings. The largest absolute Gasteiger partial charge is 0.319 e. The molecule has 1 saturated heterocycles. The van der Waals surface area contributed by atoms with Crippen LogP contribution in [0, 0.1) is 11.6 Å². The molecule has 25 heavy (non-hydrogen) atoms. The van der Waals surface area contributed by atoms with Gasteiger partial charge in [0.1, 0.15) is 11.6 Å². The molecule has 1 aliphatic heterocycles. The smallest absolute Gasteiger partial charge is 0.255 e. The normalized spacial score (nSPS) is 15.3. The molecule has 2 aromatic rings. The fourth-order valence-corrected chi connectivity index (χ4v) is 4.16. The van der Waals surface area contributed by atoms with E-state index in [2.05, 4.69) is 5.32 Å². The summed E-state index contributed by atoms with van der Waals surface area (Å²) >= 11 is 0. The van der Waals surface area contributed by atoms with Crippen molar-refractivity contribution in [3.8, 4) is 0 Å². The van der Waals surface area contributed by atoms with Crippen LogP contribution in [0.1, 0.15) is 23.2 Å². The van der Waals surface area contributed by atoms with Crippen molar-refractivity contribution in [2.24, 2.45) is 0 Å². The van der Waals surface area contributed by atoms with Gasteiger partial charge in [0.25, 0.3) is 5.91 Å². The van der Waals surface area contributed by atoms with Gasteiger partial charge in [0.15, 0.2) is 0 Å². The van der Waals surface area contributed by atoms with Crippen LogP contribution < -0.4 is 5.32 Å². The van der Waals surface area contributed by atoms with Gasteiger partial charge in [-0.1, -0.05) is 0 Å². The Morgan fingerprint density at radius 3 is 2.24 bits per heavy atom. The lowest BCUT2D eigenvalue weighted by Crippen LogP contribution is -2.28. The highest BCUT2D eigenvalue weighted by atomic mass is 32.2. The number of carbonyl (C=O) groups excluding carboxylic acids is 1. The van der Waals surface area contributed by atoms with Gasteiger partial charge in [0.05, 0.1) is 10.6 Å². The second kappa shape index (κ2) is 6.89. The van der Waals surface area contributed by atoms with Crippen LogP contribution in [0.5, 0.6) is 0 Å². The highest BCUT2D eigenvalue weighted by Gasteiger charge is 2.27. The first-order valence-electron chi connectivity index (χ1n) is 7.74. The fraction of sp³-hybridized carbons (Fsp3) is 0.235. The Hall–Kier alpha value is -2.32. The molecule has 0 aromatic heterocycles. The molecule has 8 heteroatoms. The number of hydrogen-bond acceptors (Lipinski definition) is 3. The zero-order valence-corrected chi connectivity index (χ0v) is 14.0. The molecule has 0 radical (unpaired) electrons. The summed E-state index contributed by atoms with van der Waals surface area (Å²) in [5, 5.41) is 2.35. The van der Waals surface area contributed by atoms with Crippen molar-refractivity contribution in [3.05, 3.63) is 59.7 Å². The van der Waals surface area contributed by atoms with Crippen LogP contribution in [-0.4, -0.2) is 31.7 Å². The Labute approximate surface area is 144 Å². The van der Waals surface area contributed by atoms with E-state index >= 15 is 0 Å². The van der Waals surface area contributed by atoms with E-state index in [0.29, 0.717) is 13.1 Å². The topological polar surface area (TPSA) is 66.5 Å². The molecular formula is C17H16F2N2O3S. The maximum atomic E-state index is 14.2. The number of sulfonamides is 1. The summed E-state index contributed by atoms with van der Waals surface area (Å²) in [6.07, 6.45) is 1.57. The van der Waals surface area contributed by atoms with Gasteiger partial charge in [-0.25, -0.2) is 17.2 Å². The van der Waals surface area contributed by atoms with Crippen molar-refractivity contribution in [1.29, 1.82) is 0 Å². The van der Waals surface area contributed by atoms with Gasteiger partial charge in [0.2, 0.25) is 10.0 Å². The first-order valence-corrected chi connectivity index (χ1v) is 9.18. The predicted octanol–water partition coefficient (Wildman–Crippen LogP) is 3.00. The van der Waals surface area contributed by atoms with Crippen LogP contribution in [0.2, 0.25) is 0 Å². The second-order valence-electron chi connectivity index (χ2n) is 5.71. The molecular weight excluding hydrogens is 350 g/mol. The van der Waals surface area contributed by atoms with Crippen molar-refractivity contribution in [3.63, 3.8) is 0 Å². The molecule has 5 nitrogen and oxygen atoms in total. The minimum absolute atomic E-state index is 0.144. The average molecular weight is 366 g/mol. The molecule has 1 heterocycles. The Morgan fingerprint density at radius 1 is 1.00 bits per heavy atom. The maximum absolute atomic E-state index is 14.2.